The van der Waals surface area contributed by atoms with Crippen molar-refractivity contribution in [3.8, 4) is 23.0 Å². The van der Waals surface area contributed by atoms with Gasteiger partial charge >= 0.3 is 0 Å². The Hall–Kier alpha value is -3.12. The first kappa shape index (κ1) is 28.1. The van der Waals surface area contributed by atoms with E-state index in [1.54, 1.807) is 24.3 Å². The molecule has 0 radical (unpaired) electrons. The third kappa shape index (κ3) is 9.21. The van der Waals surface area contributed by atoms with Crippen LogP contribution in [0.15, 0.2) is 43.4 Å². The zero-order chi connectivity index (χ0) is 25.8. The van der Waals surface area contributed by atoms with Crippen molar-refractivity contribution in [3.05, 3.63) is 44.3 Å². The number of phenols is 2. The molecule has 0 aliphatic heterocycles. The van der Waals surface area contributed by atoms with Gasteiger partial charge in [0.2, 0.25) is 11.8 Å². The van der Waals surface area contributed by atoms with Crippen LogP contribution in [-0.2, 0) is 9.59 Å². The topological polar surface area (TPSA) is 142 Å². The lowest BCUT2D eigenvalue weighted by atomic mass is 10.1. The van der Waals surface area contributed by atoms with Crippen LogP contribution in [0.5, 0.6) is 23.0 Å². The summed E-state index contributed by atoms with van der Waals surface area (Å²) in [7, 11) is 2.88. The second kappa shape index (κ2) is 14.3. The minimum Gasteiger partial charge on any atom is -0.503 e. The Balaban J connectivity index is 1.65. The van der Waals surface area contributed by atoms with Crippen molar-refractivity contribution in [2.75, 3.05) is 14.2 Å². The van der Waals surface area contributed by atoms with Crippen LogP contribution in [0.3, 0.4) is 0 Å². The third-order valence-electron chi connectivity index (χ3n) is 4.65. The quantitative estimate of drug-likeness (QED) is 0.161. The number of carbonyl (C=O) groups excluding carboxylic acids is 2. The maximum Gasteiger partial charge on any atom is 0.240 e. The SMILES string of the molecule is COc1cc(/C=N\NC(=O)CCCCCC(=O)N/N=C\c2cc(Br)c(O)c(OC)c2)cc(Br)c1O. The number of unbranched alkanes of at least 4 members (excludes halogenated alkanes) is 2. The molecule has 0 saturated carbocycles. The summed E-state index contributed by atoms with van der Waals surface area (Å²) in [5, 5.41) is 27.4. The molecule has 4 N–H and O–H groups in total. The molecular weight excluding hydrogens is 588 g/mol. The number of nitrogens with one attached hydrogen (secondary N) is 2. The van der Waals surface area contributed by atoms with Crippen molar-refractivity contribution >= 4 is 56.1 Å². The van der Waals surface area contributed by atoms with E-state index in [0.717, 1.165) is 0 Å². The van der Waals surface area contributed by atoms with E-state index in [-0.39, 0.29) is 47.7 Å². The number of hydrogen-bond donors (Lipinski definition) is 4. The number of hydrogen-bond acceptors (Lipinski definition) is 8. The molecule has 0 aliphatic carbocycles. The monoisotopic (exact) mass is 612 g/mol. The van der Waals surface area contributed by atoms with Gasteiger partial charge in [-0.25, -0.2) is 10.9 Å². The Morgan fingerprint density at radius 2 is 1.20 bits per heavy atom. The molecule has 0 heterocycles. The number of amides is 2. The van der Waals surface area contributed by atoms with E-state index >= 15 is 0 Å². The molecule has 0 spiro atoms. The molecule has 35 heavy (non-hydrogen) atoms. The van der Waals surface area contributed by atoms with E-state index in [1.165, 1.54) is 26.6 Å². The van der Waals surface area contributed by atoms with Gasteiger partial charge < -0.3 is 19.7 Å². The molecule has 2 aromatic rings. The number of rotatable bonds is 12. The molecule has 0 aromatic heterocycles. The van der Waals surface area contributed by atoms with Crippen molar-refractivity contribution < 1.29 is 29.3 Å². The Labute approximate surface area is 219 Å². The van der Waals surface area contributed by atoms with Gasteiger partial charge in [-0.1, -0.05) is 6.42 Å². The van der Waals surface area contributed by atoms with Crippen LogP contribution in [0.1, 0.15) is 43.2 Å². The molecular formula is C23H26Br2N4O6. The Kier molecular flexibility index (Phi) is 11.5. The summed E-state index contributed by atoms with van der Waals surface area (Å²) in [5.41, 5.74) is 6.17. The number of phenolic OH excluding ortho intramolecular Hbond substituents is 2. The number of carbonyl (C=O) groups is 2. The number of ether oxygens (including phenoxy) is 2. The highest BCUT2D eigenvalue weighted by molar-refractivity contribution is 9.10. The fourth-order valence-electron chi connectivity index (χ4n) is 2.87. The molecule has 0 aliphatic rings. The molecule has 0 fully saturated rings. The van der Waals surface area contributed by atoms with E-state index in [0.29, 0.717) is 39.3 Å². The number of aromatic hydroxyl groups is 2. The van der Waals surface area contributed by atoms with Crippen LogP contribution in [0, 0.1) is 0 Å². The van der Waals surface area contributed by atoms with Crippen LogP contribution in [-0.4, -0.2) is 48.7 Å². The molecule has 188 valence electrons. The molecule has 2 amide bonds. The predicted molar refractivity (Wildman–Crippen MR) is 139 cm³/mol. The molecule has 2 aromatic carbocycles. The van der Waals surface area contributed by atoms with Crippen molar-refractivity contribution in [2.45, 2.75) is 32.1 Å². The maximum absolute atomic E-state index is 11.9. The summed E-state index contributed by atoms with van der Waals surface area (Å²) in [4.78, 5) is 23.8. The maximum atomic E-state index is 11.9. The lowest BCUT2D eigenvalue weighted by molar-refractivity contribution is -0.121. The van der Waals surface area contributed by atoms with E-state index < -0.39 is 0 Å². The summed E-state index contributed by atoms with van der Waals surface area (Å²) in [6.07, 6.45) is 5.35. The highest BCUT2D eigenvalue weighted by atomic mass is 79.9. The second-order valence-electron chi connectivity index (χ2n) is 7.25. The van der Waals surface area contributed by atoms with Gasteiger partial charge in [0.05, 0.1) is 35.6 Å². The third-order valence-corrected chi connectivity index (χ3v) is 5.86. The molecule has 0 bridgehead atoms. The van der Waals surface area contributed by atoms with Gasteiger partial charge in [0.1, 0.15) is 0 Å². The first-order valence-corrected chi connectivity index (χ1v) is 12.1. The van der Waals surface area contributed by atoms with Gasteiger partial charge in [-0.05, 0) is 80.1 Å². The van der Waals surface area contributed by atoms with Crippen LogP contribution < -0.4 is 20.3 Å². The van der Waals surface area contributed by atoms with Crippen LogP contribution >= 0.6 is 31.9 Å². The largest absolute Gasteiger partial charge is 0.503 e. The zero-order valence-electron chi connectivity index (χ0n) is 19.2. The van der Waals surface area contributed by atoms with Gasteiger partial charge in [0.15, 0.2) is 23.0 Å². The Morgan fingerprint density at radius 1 is 0.800 bits per heavy atom. The summed E-state index contributed by atoms with van der Waals surface area (Å²) >= 11 is 6.44. The molecule has 10 nitrogen and oxygen atoms in total. The van der Waals surface area contributed by atoms with Gasteiger partial charge in [-0.2, -0.15) is 10.2 Å². The number of benzene rings is 2. The average molecular weight is 614 g/mol. The minimum absolute atomic E-state index is 0.0135. The fourth-order valence-corrected chi connectivity index (χ4v) is 3.78. The summed E-state index contributed by atoms with van der Waals surface area (Å²) < 4.78 is 11.0. The van der Waals surface area contributed by atoms with E-state index in [9.17, 15) is 19.8 Å². The Morgan fingerprint density at radius 3 is 1.57 bits per heavy atom. The van der Waals surface area contributed by atoms with E-state index in [2.05, 4.69) is 52.9 Å². The zero-order valence-corrected chi connectivity index (χ0v) is 22.3. The molecule has 0 unspecified atom stereocenters. The fraction of sp³-hybridized carbons (Fsp3) is 0.304. The number of nitrogens with zero attached hydrogens (tertiary/aromatic N) is 2. The highest BCUT2D eigenvalue weighted by Crippen LogP contribution is 2.35. The number of hydrazone groups is 2. The highest BCUT2D eigenvalue weighted by Gasteiger charge is 2.09. The van der Waals surface area contributed by atoms with E-state index in [1.807, 2.05) is 0 Å². The van der Waals surface area contributed by atoms with Gasteiger partial charge in [0.25, 0.3) is 0 Å². The predicted octanol–water partition coefficient (Wildman–Crippen LogP) is 4.19. The summed E-state index contributed by atoms with van der Waals surface area (Å²) in [6, 6.07) is 6.46. The van der Waals surface area contributed by atoms with Gasteiger partial charge in [0, 0.05) is 12.8 Å². The van der Waals surface area contributed by atoms with Gasteiger partial charge in [-0.15, -0.1) is 0 Å². The normalized spacial score (nSPS) is 11.1. The standard InChI is InChI=1S/C23H26Br2N4O6/c1-34-18-10-14(8-16(24)22(18)32)12-26-28-20(30)6-4-3-5-7-21(31)29-27-13-15-9-17(25)23(33)19(11-15)35-2/h8-13,32-33H,3-7H2,1-2H3,(H,28,30)(H,29,31)/b26-12-,27-13-. The smallest absolute Gasteiger partial charge is 0.240 e. The van der Waals surface area contributed by atoms with Crippen LogP contribution in [0.2, 0.25) is 0 Å². The Bertz CT molecular complexity index is 1020. The second-order valence-corrected chi connectivity index (χ2v) is 8.96. The van der Waals surface area contributed by atoms with Crippen LogP contribution in [0.4, 0.5) is 0 Å². The molecule has 0 atom stereocenters. The first-order chi connectivity index (χ1) is 16.7. The van der Waals surface area contributed by atoms with Crippen molar-refractivity contribution in [1.82, 2.24) is 10.9 Å². The number of methoxy groups -OCH3 is 2. The summed E-state index contributed by atoms with van der Waals surface area (Å²) in [6.45, 7) is 0. The van der Waals surface area contributed by atoms with E-state index in [4.69, 9.17) is 9.47 Å². The molecule has 2 rings (SSSR count). The lowest BCUT2D eigenvalue weighted by Crippen LogP contribution is -2.18. The molecule has 12 heteroatoms. The van der Waals surface area contributed by atoms with Crippen molar-refractivity contribution in [2.24, 2.45) is 10.2 Å². The minimum atomic E-state index is -0.240. The summed E-state index contributed by atoms with van der Waals surface area (Å²) in [5.74, 6) is 0.0677. The number of halogens is 2. The first-order valence-electron chi connectivity index (χ1n) is 10.5. The van der Waals surface area contributed by atoms with Gasteiger partial charge in [-0.3, -0.25) is 9.59 Å². The average Bonchev–Trinajstić information content (AvgIpc) is 2.83. The lowest BCUT2D eigenvalue weighted by Gasteiger charge is -2.06. The van der Waals surface area contributed by atoms with Crippen LogP contribution in [0.25, 0.3) is 0 Å². The van der Waals surface area contributed by atoms with Crippen molar-refractivity contribution in [3.63, 3.8) is 0 Å². The molecule has 0 saturated heterocycles. The van der Waals surface area contributed by atoms with Crippen molar-refractivity contribution in [1.29, 1.82) is 0 Å².